The lowest BCUT2D eigenvalue weighted by Gasteiger charge is -2.48. The number of benzene rings is 1. The minimum Gasteiger partial charge on any atom is -0.415 e. The largest absolute Gasteiger partial charge is 0.415 e. The summed E-state index contributed by atoms with van der Waals surface area (Å²) in [6.45, 7) is 21.9. The predicted molar refractivity (Wildman–Crippen MR) is 144 cm³/mol. The summed E-state index contributed by atoms with van der Waals surface area (Å²) in [5.41, 5.74) is 10.2. The monoisotopic (exact) mass is 527 g/mol. The number of hydrogen-bond acceptors (Lipinski definition) is 6. The minimum absolute atomic E-state index is 0.308. The first-order valence-electron chi connectivity index (χ1n) is 11.5. The van der Waals surface area contributed by atoms with E-state index in [1.165, 1.54) is 5.56 Å². The van der Waals surface area contributed by atoms with Gasteiger partial charge in [-0.05, 0) is 83.5 Å². The summed E-state index contributed by atoms with van der Waals surface area (Å²) in [7, 11) is -5.74. The molecule has 0 spiro atoms. The van der Waals surface area contributed by atoms with Gasteiger partial charge in [0.2, 0.25) is 0 Å². The smallest absolute Gasteiger partial charge is 0.184 e. The maximum absolute atomic E-state index is 9.45. The van der Waals surface area contributed by atoms with E-state index in [1.807, 2.05) is 0 Å². The normalized spacial score (nSPS) is 26.7. The highest BCUT2D eigenvalue weighted by molar-refractivity contribution is 7.99. The molecule has 5 atom stereocenters. The second-order valence-electron chi connectivity index (χ2n) is 11.5. The third-order valence-electron chi connectivity index (χ3n) is 4.73. The zero-order chi connectivity index (χ0) is 25.0. The molecule has 0 bridgehead atoms. The van der Waals surface area contributed by atoms with Gasteiger partial charge in [-0.3, -0.25) is 0 Å². The second kappa shape index (κ2) is 11.4. The van der Waals surface area contributed by atoms with Gasteiger partial charge in [0.1, 0.15) is 17.6 Å². The van der Waals surface area contributed by atoms with Crippen LogP contribution in [0, 0.1) is 6.92 Å². The van der Waals surface area contributed by atoms with Crippen LogP contribution in [0.4, 0.5) is 0 Å². The molecule has 2 rings (SSSR count). The van der Waals surface area contributed by atoms with Gasteiger partial charge in [0.05, 0.1) is 18.8 Å². The first-order valence-corrected chi connectivity index (χ1v) is 22.6. The highest BCUT2D eigenvalue weighted by atomic mass is 32.2. The van der Waals surface area contributed by atoms with Gasteiger partial charge in [-0.25, -0.2) is 0 Å². The van der Waals surface area contributed by atoms with Crippen LogP contribution in [-0.4, -0.2) is 61.3 Å². The molecule has 186 valence electrons. The Hall–Kier alpha value is -0.629. The van der Waals surface area contributed by atoms with Gasteiger partial charge in [-0.15, -0.1) is 0 Å². The quantitative estimate of drug-likeness (QED) is 0.145. The molecule has 0 N–H and O–H groups in total. The summed E-state index contributed by atoms with van der Waals surface area (Å²) in [5, 5.41) is 4.20. The van der Waals surface area contributed by atoms with Gasteiger partial charge in [0.25, 0.3) is 0 Å². The molecular weight excluding hydrogens is 487 g/mol. The van der Waals surface area contributed by atoms with Crippen molar-refractivity contribution in [3.05, 3.63) is 40.3 Å². The minimum atomic E-state index is -2.00. The van der Waals surface area contributed by atoms with Gasteiger partial charge >= 0.3 is 0 Å². The zero-order valence-electron chi connectivity index (χ0n) is 21.8. The Kier molecular flexibility index (Phi) is 9.89. The first kappa shape index (κ1) is 28.6. The van der Waals surface area contributed by atoms with E-state index >= 15 is 0 Å². The van der Waals surface area contributed by atoms with Crippen LogP contribution in [0.3, 0.4) is 0 Å². The van der Waals surface area contributed by atoms with E-state index in [-0.39, 0.29) is 12.2 Å². The molecule has 1 heterocycles. The van der Waals surface area contributed by atoms with Crippen LogP contribution >= 0.6 is 11.8 Å². The average molecular weight is 528 g/mol. The van der Waals surface area contributed by atoms with Crippen molar-refractivity contribution in [2.75, 3.05) is 6.61 Å². The molecule has 7 nitrogen and oxygen atoms in total. The Morgan fingerprint density at radius 2 is 1.45 bits per heavy atom. The van der Waals surface area contributed by atoms with Crippen molar-refractivity contribution in [3.63, 3.8) is 0 Å². The number of rotatable bonds is 10. The maximum Gasteiger partial charge on any atom is 0.184 e. The van der Waals surface area contributed by atoms with Gasteiger partial charge < -0.3 is 18.0 Å². The molecule has 0 aliphatic carbocycles. The van der Waals surface area contributed by atoms with Crippen molar-refractivity contribution in [1.29, 1.82) is 0 Å². The van der Waals surface area contributed by atoms with Crippen LogP contribution in [-0.2, 0) is 18.0 Å². The van der Waals surface area contributed by atoms with Crippen molar-refractivity contribution in [1.82, 2.24) is 0 Å². The van der Waals surface area contributed by atoms with Gasteiger partial charge in [-0.2, -0.15) is 0 Å². The Bertz CT molecular complexity index is 818. The van der Waals surface area contributed by atoms with E-state index in [0.29, 0.717) is 6.61 Å². The molecule has 1 unspecified atom stereocenters. The van der Waals surface area contributed by atoms with E-state index in [2.05, 4.69) is 100 Å². The molecule has 1 saturated heterocycles. The maximum atomic E-state index is 9.45. The summed E-state index contributed by atoms with van der Waals surface area (Å²) < 4.78 is 26.3. The molecule has 0 amide bonds. The number of aryl methyl sites for hydroxylation is 1. The molecule has 11 heteroatoms. The molecule has 0 saturated carbocycles. The number of ether oxygens (including phenoxy) is 1. The van der Waals surface area contributed by atoms with Gasteiger partial charge in [0, 0.05) is 9.81 Å². The van der Waals surface area contributed by atoms with E-state index < -0.39 is 42.5 Å². The Labute approximate surface area is 206 Å². The zero-order valence-corrected chi connectivity index (χ0v) is 25.6. The highest BCUT2D eigenvalue weighted by Crippen LogP contribution is 2.39. The molecular formula is C22H41N3O4SSi3. The van der Waals surface area contributed by atoms with Crippen molar-refractivity contribution in [2.24, 2.45) is 5.11 Å². The second-order valence-corrected chi connectivity index (χ2v) is 26.1. The van der Waals surface area contributed by atoms with Crippen LogP contribution in [0.25, 0.3) is 10.4 Å². The molecule has 1 aromatic carbocycles. The lowest BCUT2D eigenvalue weighted by molar-refractivity contribution is -0.152. The summed E-state index contributed by atoms with van der Waals surface area (Å²) >= 11 is 1.57. The first-order chi connectivity index (χ1) is 15.1. The number of nitrogens with zero attached hydrogens (tertiary/aromatic N) is 3. The Balaban J connectivity index is 2.48. The van der Waals surface area contributed by atoms with Crippen molar-refractivity contribution in [2.45, 2.75) is 101 Å². The van der Waals surface area contributed by atoms with Crippen molar-refractivity contribution < 1.29 is 18.0 Å². The van der Waals surface area contributed by atoms with Crippen molar-refractivity contribution in [3.8, 4) is 0 Å². The third-order valence-corrected chi connectivity index (χ3v) is 8.89. The third kappa shape index (κ3) is 9.87. The summed E-state index contributed by atoms with van der Waals surface area (Å²) in [5.74, 6) is 0. The van der Waals surface area contributed by atoms with Gasteiger partial charge in [-0.1, -0.05) is 34.6 Å². The van der Waals surface area contributed by atoms with E-state index in [1.54, 1.807) is 11.8 Å². The highest BCUT2D eigenvalue weighted by Gasteiger charge is 2.50. The molecule has 1 aromatic rings. The van der Waals surface area contributed by atoms with Crippen LogP contribution in [0.15, 0.2) is 34.3 Å². The fourth-order valence-electron chi connectivity index (χ4n) is 3.48. The Morgan fingerprint density at radius 1 is 0.909 bits per heavy atom. The standard InChI is InChI=1S/C22H41N3O4SSi3/c1-16-11-13-17(14-12-16)30-22-19(24-25-23)21(29-33(8,9)10)20(28-32(5,6)7)18(27-22)15-26-31(2,3)4/h11-14,18-22H,15H2,1-10H3/t18-,19-,20-,21-,22?/m1/s1. The summed E-state index contributed by atoms with van der Waals surface area (Å²) in [6.07, 6.45) is -1.06. The van der Waals surface area contributed by atoms with Gasteiger partial charge in [0.15, 0.2) is 25.0 Å². The fourth-order valence-corrected chi connectivity index (χ4v) is 7.45. The SMILES string of the molecule is Cc1ccc(SC2O[C@H](CO[Si](C)(C)C)[C@@H](O[Si](C)(C)C)[C@H](O[Si](C)(C)C)[C@H]2N=[N+]=[N-])cc1. The molecule has 1 aliphatic rings. The Morgan fingerprint density at radius 3 is 1.94 bits per heavy atom. The summed E-state index contributed by atoms with van der Waals surface area (Å²) in [4.78, 5) is 4.25. The lowest BCUT2D eigenvalue weighted by atomic mass is 9.99. The van der Waals surface area contributed by atoms with Crippen LogP contribution in [0.5, 0.6) is 0 Å². The molecule has 1 aliphatic heterocycles. The number of hydrogen-bond donors (Lipinski definition) is 0. The molecule has 0 radical (unpaired) electrons. The molecule has 1 fully saturated rings. The fraction of sp³-hybridized carbons (Fsp3) is 0.727. The van der Waals surface area contributed by atoms with E-state index in [9.17, 15) is 5.53 Å². The summed E-state index contributed by atoms with van der Waals surface area (Å²) in [6, 6.07) is 7.78. The number of thioether (sulfide) groups is 1. The van der Waals surface area contributed by atoms with Crippen LogP contribution in [0.2, 0.25) is 58.9 Å². The number of azide groups is 1. The predicted octanol–water partition coefficient (Wildman–Crippen LogP) is 6.78. The van der Waals surface area contributed by atoms with Crippen molar-refractivity contribution >= 4 is 36.7 Å². The van der Waals surface area contributed by atoms with E-state index in [0.717, 1.165) is 4.90 Å². The molecule has 0 aromatic heterocycles. The van der Waals surface area contributed by atoms with E-state index in [4.69, 9.17) is 18.0 Å². The lowest BCUT2D eigenvalue weighted by Crippen LogP contribution is -2.63. The van der Waals surface area contributed by atoms with Crippen LogP contribution < -0.4 is 0 Å². The average Bonchev–Trinajstić information content (AvgIpc) is 2.64. The topological polar surface area (TPSA) is 85.7 Å². The van der Waals surface area contributed by atoms with Crippen LogP contribution in [0.1, 0.15) is 5.56 Å². The molecule has 33 heavy (non-hydrogen) atoms.